The number of carbonyl (C=O) groups excluding carboxylic acids is 3. The lowest BCUT2D eigenvalue weighted by atomic mass is 10.0. The van der Waals surface area contributed by atoms with Crippen molar-refractivity contribution in [2.75, 3.05) is 13.2 Å². The summed E-state index contributed by atoms with van der Waals surface area (Å²) >= 11 is 0. The Morgan fingerprint density at radius 3 is 0.731 bits per heavy atom. The lowest BCUT2D eigenvalue weighted by Crippen LogP contribution is -2.30. The van der Waals surface area contributed by atoms with Crippen LogP contribution in [0.25, 0.3) is 0 Å². The van der Waals surface area contributed by atoms with Gasteiger partial charge in [-0.3, -0.25) is 14.4 Å². The minimum atomic E-state index is -0.762. The van der Waals surface area contributed by atoms with E-state index in [2.05, 4.69) is 27.7 Å². The lowest BCUT2D eigenvalue weighted by molar-refractivity contribution is -0.167. The molecule has 0 amide bonds. The molecule has 6 nitrogen and oxygen atoms in total. The summed E-state index contributed by atoms with van der Waals surface area (Å²) in [4.78, 5) is 38.2. The van der Waals surface area contributed by atoms with Gasteiger partial charge in [0.15, 0.2) is 6.10 Å². The van der Waals surface area contributed by atoms with Crippen molar-refractivity contribution >= 4 is 17.9 Å². The average Bonchev–Trinajstić information content (AvgIpc) is 3.31. The number of rotatable bonds is 56. The molecule has 0 spiro atoms. The van der Waals surface area contributed by atoms with Crippen molar-refractivity contribution in [1.29, 1.82) is 0 Å². The zero-order valence-electron chi connectivity index (χ0n) is 45.9. The molecule has 0 rings (SSSR count). The second-order valence-corrected chi connectivity index (χ2v) is 21.5. The predicted octanol–water partition coefficient (Wildman–Crippen LogP) is 20.2. The standard InChI is InChI=1S/C61H118O6/c1-5-7-9-11-13-15-17-19-21-23-25-27-29-31-33-35-40-44-48-52-59(62)65-55-58(56-66-60(63)53-49-45-41-38-37-39-43-47-51-57(3)4)67-61(64)54-50-46-42-36-34-32-30-28-26-24-22-20-18-16-14-12-10-8-6-2/h57-58H,5-56H2,1-4H3/t58-/m0/s1. The molecule has 67 heavy (non-hydrogen) atoms. The fourth-order valence-electron chi connectivity index (χ4n) is 9.46. The molecule has 1 atom stereocenters. The Morgan fingerprint density at radius 2 is 0.493 bits per heavy atom. The summed E-state index contributed by atoms with van der Waals surface area (Å²) in [6.07, 6.45) is 61.1. The lowest BCUT2D eigenvalue weighted by Gasteiger charge is -2.18. The van der Waals surface area contributed by atoms with E-state index in [-0.39, 0.29) is 31.1 Å². The molecule has 0 fully saturated rings. The molecule has 0 aliphatic heterocycles. The van der Waals surface area contributed by atoms with Crippen molar-refractivity contribution in [3.05, 3.63) is 0 Å². The van der Waals surface area contributed by atoms with Crippen LogP contribution >= 0.6 is 0 Å². The van der Waals surface area contributed by atoms with Gasteiger partial charge in [0, 0.05) is 19.3 Å². The molecule has 0 aromatic rings. The summed E-state index contributed by atoms with van der Waals surface area (Å²) in [6, 6.07) is 0. The third kappa shape index (κ3) is 55.2. The molecule has 0 radical (unpaired) electrons. The smallest absolute Gasteiger partial charge is 0.306 e. The van der Waals surface area contributed by atoms with Gasteiger partial charge in [-0.2, -0.15) is 0 Å². The van der Waals surface area contributed by atoms with Crippen LogP contribution in [-0.4, -0.2) is 37.2 Å². The number of esters is 3. The largest absolute Gasteiger partial charge is 0.462 e. The number of hydrogen-bond acceptors (Lipinski definition) is 6. The highest BCUT2D eigenvalue weighted by atomic mass is 16.6. The van der Waals surface area contributed by atoms with Gasteiger partial charge in [-0.15, -0.1) is 0 Å². The maximum absolute atomic E-state index is 12.9. The zero-order valence-corrected chi connectivity index (χ0v) is 45.9. The van der Waals surface area contributed by atoms with Crippen LogP contribution in [0.1, 0.15) is 349 Å². The summed E-state index contributed by atoms with van der Waals surface area (Å²) in [5.41, 5.74) is 0. The van der Waals surface area contributed by atoms with Crippen molar-refractivity contribution in [2.45, 2.75) is 355 Å². The highest BCUT2D eigenvalue weighted by molar-refractivity contribution is 5.71. The Labute approximate surface area is 418 Å². The summed E-state index contributed by atoms with van der Waals surface area (Å²) in [5.74, 6) is -0.0393. The molecular formula is C61H118O6. The van der Waals surface area contributed by atoms with Crippen LogP contribution in [-0.2, 0) is 28.6 Å². The first-order valence-electron chi connectivity index (χ1n) is 30.4. The van der Waals surface area contributed by atoms with E-state index in [1.165, 1.54) is 244 Å². The van der Waals surface area contributed by atoms with Crippen molar-refractivity contribution in [1.82, 2.24) is 0 Å². The maximum Gasteiger partial charge on any atom is 0.306 e. The van der Waals surface area contributed by atoms with E-state index < -0.39 is 6.10 Å². The Kier molecular flexibility index (Phi) is 54.0. The fourth-order valence-corrected chi connectivity index (χ4v) is 9.46. The SMILES string of the molecule is CCCCCCCCCCCCCCCCCCCCCC(=O)OC[C@@H](COC(=O)CCCCCCCCCCC(C)C)OC(=O)CCCCCCCCCCCCCCCCCCCCC. The van der Waals surface area contributed by atoms with E-state index in [1.54, 1.807) is 0 Å². The maximum atomic E-state index is 12.9. The third-order valence-electron chi connectivity index (χ3n) is 14.0. The summed E-state index contributed by atoms with van der Waals surface area (Å²) in [6.45, 7) is 9.03. The Morgan fingerprint density at radius 1 is 0.284 bits per heavy atom. The first-order chi connectivity index (χ1) is 32.9. The molecule has 0 heterocycles. The summed E-state index contributed by atoms with van der Waals surface area (Å²) < 4.78 is 16.9. The van der Waals surface area contributed by atoms with Gasteiger partial charge in [0.05, 0.1) is 0 Å². The molecule has 0 aromatic heterocycles. The molecule has 398 valence electrons. The van der Waals surface area contributed by atoms with Crippen LogP contribution in [0.3, 0.4) is 0 Å². The van der Waals surface area contributed by atoms with Gasteiger partial charge < -0.3 is 14.2 Å². The van der Waals surface area contributed by atoms with E-state index in [1.807, 2.05) is 0 Å². The molecular weight excluding hydrogens is 829 g/mol. The minimum Gasteiger partial charge on any atom is -0.462 e. The quantitative estimate of drug-likeness (QED) is 0.0343. The van der Waals surface area contributed by atoms with Gasteiger partial charge in [0.25, 0.3) is 0 Å². The molecule has 0 aliphatic rings. The highest BCUT2D eigenvalue weighted by Crippen LogP contribution is 2.18. The van der Waals surface area contributed by atoms with E-state index in [0.29, 0.717) is 19.3 Å². The molecule has 6 heteroatoms. The van der Waals surface area contributed by atoms with Crippen LogP contribution in [0.15, 0.2) is 0 Å². The zero-order chi connectivity index (χ0) is 48.8. The Hall–Kier alpha value is -1.59. The monoisotopic (exact) mass is 947 g/mol. The van der Waals surface area contributed by atoms with E-state index >= 15 is 0 Å². The number of unbranched alkanes of at least 4 members (excludes halogenated alkanes) is 43. The van der Waals surface area contributed by atoms with Crippen LogP contribution in [0, 0.1) is 5.92 Å². The molecule has 0 saturated heterocycles. The van der Waals surface area contributed by atoms with Gasteiger partial charge in [-0.25, -0.2) is 0 Å². The number of hydrogen-bond donors (Lipinski definition) is 0. The second kappa shape index (κ2) is 55.3. The molecule has 0 unspecified atom stereocenters. The van der Waals surface area contributed by atoms with Gasteiger partial charge in [-0.1, -0.05) is 310 Å². The average molecular weight is 948 g/mol. The van der Waals surface area contributed by atoms with E-state index in [9.17, 15) is 14.4 Å². The number of ether oxygens (including phenoxy) is 3. The fraction of sp³-hybridized carbons (Fsp3) is 0.951. The van der Waals surface area contributed by atoms with Crippen molar-refractivity contribution in [3.8, 4) is 0 Å². The second-order valence-electron chi connectivity index (χ2n) is 21.5. The minimum absolute atomic E-state index is 0.0622. The van der Waals surface area contributed by atoms with E-state index in [0.717, 1.165) is 63.7 Å². The van der Waals surface area contributed by atoms with Crippen molar-refractivity contribution in [2.24, 2.45) is 5.92 Å². The first kappa shape index (κ1) is 65.4. The van der Waals surface area contributed by atoms with E-state index in [4.69, 9.17) is 14.2 Å². The molecule has 0 aliphatic carbocycles. The van der Waals surface area contributed by atoms with Crippen LogP contribution in [0.5, 0.6) is 0 Å². The molecule has 0 saturated carbocycles. The third-order valence-corrected chi connectivity index (χ3v) is 14.0. The Bertz CT molecular complexity index is 1010. The van der Waals surface area contributed by atoms with Gasteiger partial charge in [0.2, 0.25) is 0 Å². The van der Waals surface area contributed by atoms with Gasteiger partial charge >= 0.3 is 17.9 Å². The highest BCUT2D eigenvalue weighted by Gasteiger charge is 2.19. The Balaban J connectivity index is 4.23. The van der Waals surface area contributed by atoms with Crippen LogP contribution in [0.2, 0.25) is 0 Å². The van der Waals surface area contributed by atoms with Gasteiger partial charge in [-0.05, 0) is 25.2 Å². The van der Waals surface area contributed by atoms with Crippen molar-refractivity contribution < 1.29 is 28.6 Å². The number of carbonyl (C=O) groups is 3. The molecule has 0 aromatic carbocycles. The summed E-state index contributed by atoms with van der Waals surface area (Å²) in [7, 11) is 0. The van der Waals surface area contributed by atoms with Crippen molar-refractivity contribution in [3.63, 3.8) is 0 Å². The molecule has 0 bridgehead atoms. The molecule has 0 N–H and O–H groups in total. The topological polar surface area (TPSA) is 78.9 Å². The normalized spacial score (nSPS) is 12.0. The van der Waals surface area contributed by atoms with Crippen LogP contribution < -0.4 is 0 Å². The van der Waals surface area contributed by atoms with Crippen LogP contribution in [0.4, 0.5) is 0 Å². The summed E-state index contributed by atoms with van der Waals surface area (Å²) in [5, 5.41) is 0. The predicted molar refractivity (Wildman–Crippen MR) is 289 cm³/mol. The first-order valence-corrected chi connectivity index (χ1v) is 30.4. The van der Waals surface area contributed by atoms with Gasteiger partial charge in [0.1, 0.15) is 13.2 Å².